The van der Waals surface area contributed by atoms with E-state index < -0.39 is 0 Å². The van der Waals surface area contributed by atoms with Gasteiger partial charge in [0.25, 0.3) is 0 Å². The fraction of sp³-hybridized carbons (Fsp3) is 0. The van der Waals surface area contributed by atoms with Gasteiger partial charge in [-0.2, -0.15) is 9.97 Å². The lowest BCUT2D eigenvalue weighted by atomic mass is 9.98. The van der Waals surface area contributed by atoms with Crippen LogP contribution in [0, 0.1) is 0 Å². The van der Waals surface area contributed by atoms with Gasteiger partial charge >= 0.3 is 0 Å². The predicted molar refractivity (Wildman–Crippen MR) is 256 cm³/mol. The van der Waals surface area contributed by atoms with Crippen molar-refractivity contribution in [2.75, 3.05) is 0 Å². The van der Waals surface area contributed by atoms with Gasteiger partial charge in [0, 0.05) is 38.2 Å². The highest BCUT2D eigenvalue weighted by molar-refractivity contribution is 6.24. The Hall–Kier alpha value is -8.41. The van der Waals surface area contributed by atoms with Gasteiger partial charge in [-0.15, -0.1) is 0 Å². The van der Waals surface area contributed by atoms with Crippen LogP contribution in [0.2, 0.25) is 0 Å². The van der Waals surface area contributed by atoms with Gasteiger partial charge in [-0.05, 0) is 52.1 Å². The largest absolute Gasteiger partial charge is 0.307 e. The van der Waals surface area contributed by atoms with Crippen molar-refractivity contribution in [3.8, 4) is 67.8 Å². The Balaban J connectivity index is 1.11. The van der Waals surface area contributed by atoms with Gasteiger partial charge in [0.2, 0.25) is 5.95 Å². The van der Waals surface area contributed by atoms with Crippen molar-refractivity contribution in [1.29, 1.82) is 0 Å². The maximum Gasteiger partial charge on any atom is 0.238 e. The summed E-state index contributed by atoms with van der Waals surface area (Å²) in [4.78, 5) is 15.9. The van der Waals surface area contributed by atoms with Gasteiger partial charge < -0.3 is 4.57 Å². The number of fused-ring (bicyclic) bond motifs is 7. The van der Waals surface area contributed by atoms with Crippen molar-refractivity contribution >= 4 is 43.6 Å². The molecule has 0 unspecified atom stereocenters. The van der Waals surface area contributed by atoms with Crippen LogP contribution in [0.25, 0.3) is 111 Å². The molecule has 0 N–H and O–H groups in total. The molecule has 3 aromatic heterocycles. The summed E-state index contributed by atoms with van der Waals surface area (Å²) < 4.78 is 4.70. The second kappa shape index (κ2) is 14.7. The highest BCUT2D eigenvalue weighted by Gasteiger charge is 2.24. The van der Waals surface area contributed by atoms with Crippen LogP contribution in [-0.2, 0) is 0 Å². The van der Waals surface area contributed by atoms with Crippen molar-refractivity contribution < 1.29 is 0 Å². The van der Waals surface area contributed by atoms with E-state index in [0.29, 0.717) is 17.6 Å². The minimum Gasteiger partial charge on any atom is -0.307 e. The summed E-state index contributed by atoms with van der Waals surface area (Å²) in [5.74, 6) is 1.77. The van der Waals surface area contributed by atoms with E-state index in [4.69, 9.17) is 15.0 Å². The van der Waals surface area contributed by atoms with Crippen molar-refractivity contribution in [2.24, 2.45) is 0 Å². The molecular formula is C57H37N5. The molecule has 0 aliphatic heterocycles. The summed E-state index contributed by atoms with van der Waals surface area (Å²) in [6.45, 7) is 0. The number of para-hydroxylation sites is 3. The van der Waals surface area contributed by atoms with Crippen LogP contribution in [-0.4, -0.2) is 24.1 Å². The van der Waals surface area contributed by atoms with E-state index in [1.165, 1.54) is 16.5 Å². The van der Waals surface area contributed by atoms with Crippen molar-refractivity contribution in [3.05, 3.63) is 224 Å². The second-order valence-corrected chi connectivity index (χ2v) is 15.6. The lowest BCUT2D eigenvalue weighted by Gasteiger charge is -2.16. The van der Waals surface area contributed by atoms with Gasteiger partial charge in [-0.25, -0.2) is 4.98 Å². The Morgan fingerprint density at radius 2 is 0.710 bits per heavy atom. The number of hydrogen-bond donors (Lipinski definition) is 0. The first kappa shape index (κ1) is 35.5. The molecule has 0 saturated carbocycles. The van der Waals surface area contributed by atoms with Gasteiger partial charge in [-0.3, -0.25) is 4.57 Å². The molecule has 0 radical (unpaired) electrons. The summed E-state index contributed by atoms with van der Waals surface area (Å²) >= 11 is 0. The van der Waals surface area contributed by atoms with E-state index in [1.807, 2.05) is 18.2 Å². The number of aromatic nitrogens is 5. The third-order valence-electron chi connectivity index (χ3n) is 12.0. The first-order valence-electron chi connectivity index (χ1n) is 21.0. The van der Waals surface area contributed by atoms with Gasteiger partial charge in [0.05, 0.1) is 27.8 Å². The summed E-state index contributed by atoms with van der Waals surface area (Å²) in [5, 5.41) is 4.59. The lowest BCUT2D eigenvalue weighted by Crippen LogP contribution is -2.07. The van der Waals surface area contributed by atoms with E-state index in [2.05, 4.69) is 215 Å². The zero-order valence-electron chi connectivity index (χ0n) is 33.6. The van der Waals surface area contributed by atoms with Gasteiger partial charge in [0.15, 0.2) is 11.6 Å². The van der Waals surface area contributed by atoms with Crippen LogP contribution < -0.4 is 0 Å². The average molecular weight is 792 g/mol. The van der Waals surface area contributed by atoms with E-state index in [0.717, 1.165) is 77.3 Å². The minimum atomic E-state index is 0.556. The second-order valence-electron chi connectivity index (χ2n) is 15.6. The quantitative estimate of drug-likeness (QED) is 0.162. The summed E-state index contributed by atoms with van der Waals surface area (Å²) in [7, 11) is 0. The Labute approximate surface area is 358 Å². The highest BCUT2D eigenvalue weighted by Crippen LogP contribution is 2.43. The molecule has 0 spiro atoms. The third kappa shape index (κ3) is 5.90. The molecule has 0 atom stereocenters. The number of nitrogens with zero attached hydrogens (tertiary/aromatic N) is 5. The van der Waals surface area contributed by atoms with Crippen LogP contribution in [0.5, 0.6) is 0 Å². The Morgan fingerprint density at radius 1 is 0.274 bits per heavy atom. The Morgan fingerprint density at radius 3 is 1.34 bits per heavy atom. The molecule has 3 heterocycles. The molecule has 62 heavy (non-hydrogen) atoms. The molecular weight excluding hydrogens is 755 g/mol. The highest BCUT2D eigenvalue weighted by atomic mass is 15.2. The number of benzene rings is 9. The molecule has 9 aromatic carbocycles. The SMILES string of the molecule is c1ccc(-c2cccc(-c3ccc(-c4nc(-c5ccccc5)nc(-n5c6ccccc6c6ccc7c8ccccc8n(-c8ccccc8-c8ccccc8)c7c65)n4)cc3)c2)cc1. The fourth-order valence-electron chi connectivity index (χ4n) is 9.12. The maximum atomic E-state index is 5.39. The Bertz CT molecular complexity index is 3610. The van der Waals surface area contributed by atoms with Crippen LogP contribution >= 0.6 is 0 Å². The molecule has 0 fully saturated rings. The molecule has 0 bridgehead atoms. The minimum absolute atomic E-state index is 0.556. The molecule has 0 aliphatic carbocycles. The topological polar surface area (TPSA) is 48.5 Å². The number of rotatable bonds is 7. The van der Waals surface area contributed by atoms with Crippen LogP contribution in [0.1, 0.15) is 0 Å². The molecule has 12 rings (SSSR count). The summed E-state index contributed by atoms with van der Waals surface area (Å²) in [6.07, 6.45) is 0. The first-order chi connectivity index (χ1) is 30.8. The molecule has 0 amide bonds. The zero-order valence-corrected chi connectivity index (χ0v) is 33.6. The maximum absolute atomic E-state index is 5.39. The molecule has 12 aromatic rings. The molecule has 0 aliphatic rings. The molecule has 0 saturated heterocycles. The van der Waals surface area contributed by atoms with Crippen LogP contribution in [0.15, 0.2) is 224 Å². The third-order valence-corrected chi connectivity index (χ3v) is 12.0. The van der Waals surface area contributed by atoms with Crippen LogP contribution in [0.3, 0.4) is 0 Å². The van der Waals surface area contributed by atoms with Crippen molar-refractivity contribution in [2.45, 2.75) is 0 Å². The van der Waals surface area contributed by atoms with E-state index in [-0.39, 0.29) is 0 Å². The van der Waals surface area contributed by atoms with E-state index in [9.17, 15) is 0 Å². The molecule has 5 heteroatoms. The van der Waals surface area contributed by atoms with Crippen molar-refractivity contribution in [1.82, 2.24) is 24.1 Å². The summed E-state index contributed by atoms with van der Waals surface area (Å²) in [5.41, 5.74) is 14.2. The zero-order chi connectivity index (χ0) is 41.0. The van der Waals surface area contributed by atoms with Gasteiger partial charge in [0.1, 0.15) is 0 Å². The van der Waals surface area contributed by atoms with Crippen molar-refractivity contribution in [3.63, 3.8) is 0 Å². The Kier molecular flexibility index (Phi) is 8.42. The average Bonchev–Trinajstić information content (AvgIpc) is 3.88. The first-order valence-corrected chi connectivity index (χ1v) is 21.0. The monoisotopic (exact) mass is 791 g/mol. The number of hydrogen-bond acceptors (Lipinski definition) is 3. The van der Waals surface area contributed by atoms with Crippen LogP contribution in [0.4, 0.5) is 0 Å². The van der Waals surface area contributed by atoms with E-state index >= 15 is 0 Å². The standard InChI is InChI=1S/C57H37N5/c1-4-17-38(18-5-1)43-23-16-24-44(37-43)39-31-33-42(34-32-39)56-58-55(41-21-8-3-9-22-41)59-57(60-56)62-52-30-15-12-27-47(52)49-36-35-48-46-26-11-14-29-51(46)61(53(48)54(49)62)50-28-13-10-25-45(50)40-19-6-2-7-20-40/h1-37H. The lowest BCUT2D eigenvalue weighted by molar-refractivity contribution is 0.953. The predicted octanol–water partition coefficient (Wildman–Crippen LogP) is 14.4. The van der Waals surface area contributed by atoms with Gasteiger partial charge in [-0.1, -0.05) is 200 Å². The molecule has 5 nitrogen and oxygen atoms in total. The summed E-state index contributed by atoms with van der Waals surface area (Å²) in [6, 6.07) is 79.2. The smallest absolute Gasteiger partial charge is 0.238 e. The fourth-order valence-corrected chi connectivity index (χ4v) is 9.12. The molecule has 290 valence electrons. The normalized spacial score (nSPS) is 11.5. The van der Waals surface area contributed by atoms with E-state index in [1.54, 1.807) is 0 Å².